The largest absolute Gasteiger partial charge is 0.378 e. The van der Waals surface area contributed by atoms with Crippen molar-refractivity contribution < 1.29 is 4.39 Å². The SMILES string of the molecule is [B]C(Nc1cc(Cl)c2ncc(C#N)c(N[C@H](CC#N)c3ccccc3)c2c1)(c1ccc(F)cc1)c1cn(C2CC2)nn1. The third kappa shape index (κ3) is 5.25. The van der Waals surface area contributed by atoms with E-state index in [1.54, 1.807) is 35.1 Å². The molecule has 0 amide bonds. The van der Waals surface area contributed by atoms with Crippen LogP contribution in [0.4, 0.5) is 15.8 Å². The summed E-state index contributed by atoms with van der Waals surface area (Å²) in [6, 6.07) is 23.2. The summed E-state index contributed by atoms with van der Waals surface area (Å²) in [5.41, 5.74) is 2.25. The van der Waals surface area contributed by atoms with Gasteiger partial charge >= 0.3 is 0 Å². The standard InChI is InChI=1S/C31H23BClFN8/c32-31(21-6-8-22(34)9-7-21,28-18-42(41-40-28)24-10-11-24)39-23-14-25-29(20(16-36)17-37-30(25)26(33)15-23)38-27(12-13-35)19-4-2-1-3-5-19/h1-9,14-15,17-18,24,27,39H,10-12H2,(H,37,38)/t27-,31?/m1/s1. The van der Waals surface area contributed by atoms with Crippen molar-refractivity contribution in [1.29, 1.82) is 10.5 Å². The van der Waals surface area contributed by atoms with Crippen LogP contribution in [0.15, 0.2) is 79.1 Å². The van der Waals surface area contributed by atoms with Gasteiger partial charge in [0.1, 0.15) is 25.4 Å². The number of nitrogens with zero attached hydrogens (tertiary/aromatic N) is 6. The number of nitriles is 2. The predicted octanol–water partition coefficient (Wildman–Crippen LogP) is 6.37. The Labute approximate surface area is 248 Å². The molecule has 1 aliphatic carbocycles. The molecule has 42 heavy (non-hydrogen) atoms. The summed E-state index contributed by atoms with van der Waals surface area (Å²) in [5, 5.41) is 35.8. The third-order valence-electron chi connectivity index (χ3n) is 7.34. The zero-order chi connectivity index (χ0) is 29.3. The van der Waals surface area contributed by atoms with Crippen LogP contribution in [0, 0.1) is 28.5 Å². The molecule has 8 nitrogen and oxygen atoms in total. The lowest BCUT2D eigenvalue weighted by Gasteiger charge is -2.32. The molecule has 11 heteroatoms. The minimum atomic E-state index is -1.40. The summed E-state index contributed by atoms with van der Waals surface area (Å²) in [4.78, 5) is 4.45. The molecule has 0 aliphatic heterocycles. The number of benzene rings is 3. The van der Waals surface area contributed by atoms with Gasteiger partial charge in [-0.25, -0.2) is 9.07 Å². The molecule has 1 saturated carbocycles. The Morgan fingerprint density at radius 2 is 1.88 bits per heavy atom. The fourth-order valence-corrected chi connectivity index (χ4v) is 5.24. The van der Waals surface area contributed by atoms with Crippen LogP contribution in [0.25, 0.3) is 10.9 Å². The Kier molecular flexibility index (Phi) is 7.24. The molecule has 204 valence electrons. The first kappa shape index (κ1) is 27.3. The molecule has 6 rings (SSSR count). The van der Waals surface area contributed by atoms with Gasteiger partial charge in [-0.1, -0.05) is 59.3 Å². The molecule has 0 spiro atoms. The number of hydrogen-bond donors (Lipinski definition) is 2. The van der Waals surface area contributed by atoms with Crippen LogP contribution in [0.1, 0.15) is 53.7 Å². The normalized spacial score (nSPS) is 14.9. The lowest BCUT2D eigenvalue weighted by molar-refractivity contribution is 0.610. The number of rotatable bonds is 9. The molecule has 2 N–H and O–H groups in total. The van der Waals surface area contributed by atoms with Gasteiger partial charge in [-0.3, -0.25) is 4.98 Å². The van der Waals surface area contributed by atoms with Crippen molar-refractivity contribution in [3.8, 4) is 12.1 Å². The average molecular weight is 573 g/mol. The fourth-order valence-electron chi connectivity index (χ4n) is 4.97. The molecule has 2 atom stereocenters. The fraction of sp³-hybridized carbons (Fsp3) is 0.194. The number of hydrogen-bond acceptors (Lipinski definition) is 7. The number of pyridine rings is 1. The van der Waals surface area contributed by atoms with Gasteiger partial charge in [0.05, 0.1) is 58.0 Å². The van der Waals surface area contributed by atoms with Crippen LogP contribution in [-0.4, -0.2) is 27.8 Å². The van der Waals surface area contributed by atoms with E-state index in [-0.39, 0.29) is 12.5 Å². The first-order valence-corrected chi connectivity index (χ1v) is 13.7. The Bertz CT molecular complexity index is 1840. The zero-order valence-corrected chi connectivity index (χ0v) is 23.1. The molecular formula is C31H23BClFN8. The van der Waals surface area contributed by atoms with Crippen LogP contribution in [0.3, 0.4) is 0 Å². The molecule has 1 fully saturated rings. The van der Waals surface area contributed by atoms with E-state index < -0.39 is 17.3 Å². The van der Waals surface area contributed by atoms with Crippen LogP contribution >= 0.6 is 11.6 Å². The van der Waals surface area contributed by atoms with E-state index in [2.05, 4.69) is 38.1 Å². The third-order valence-corrected chi connectivity index (χ3v) is 7.63. The van der Waals surface area contributed by atoms with Gasteiger partial charge in [-0.05, 0) is 48.2 Å². The minimum Gasteiger partial charge on any atom is -0.378 e. The summed E-state index contributed by atoms with van der Waals surface area (Å²) in [6.07, 6.45) is 5.46. The molecule has 5 aromatic rings. The monoisotopic (exact) mass is 572 g/mol. The highest BCUT2D eigenvalue weighted by Gasteiger charge is 2.34. The van der Waals surface area contributed by atoms with E-state index in [4.69, 9.17) is 19.4 Å². The molecular weight excluding hydrogens is 550 g/mol. The van der Waals surface area contributed by atoms with Crippen LogP contribution in [-0.2, 0) is 5.44 Å². The molecule has 0 bridgehead atoms. The predicted molar refractivity (Wildman–Crippen MR) is 159 cm³/mol. The lowest BCUT2D eigenvalue weighted by Crippen LogP contribution is -2.37. The summed E-state index contributed by atoms with van der Waals surface area (Å²) in [6.45, 7) is 0. The van der Waals surface area contributed by atoms with Gasteiger partial charge in [0, 0.05) is 17.3 Å². The van der Waals surface area contributed by atoms with Crippen molar-refractivity contribution >= 4 is 41.7 Å². The smallest absolute Gasteiger partial charge is 0.123 e. The number of fused-ring (bicyclic) bond motifs is 1. The van der Waals surface area contributed by atoms with Crippen LogP contribution in [0.2, 0.25) is 5.02 Å². The second-order valence-electron chi connectivity index (χ2n) is 10.2. The van der Waals surface area contributed by atoms with Crippen LogP contribution in [0.5, 0.6) is 0 Å². The molecule has 1 aliphatic rings. The highest BCUT2D eigenvalue weighted by Crippen LogP contribution is 2.39. The number of nitrogens with one attached hydrogen (secondary N) is 2. The highest BCUT2D eigenvalue weighted by molar-refractivity contribution is 6.36. The van der Waals surface area contributed by atoms with E-state index >= 15 is 0 Å². The summed E-state index contributed by atoms with van der Waals surface area (Å²) >= 11 is 6.75. The number of anilines is 2. The van der Waals surface area contributed by atoms with Gasteiger partial charge in [0.15, 0.2) is 0 Å². The molecule has 2 heterocycles. The van der Waals surface area contributed by atoms with Crippen molar-refractivity contribution in [1.82, 2.24) is 20.0 Å². The summed E-state index contributed by atoms with van der Waals surface area (Å²) in [5.74, 6) is -0.396. The van der Waals surface area contributed by atoms with Crippen LogP contribution < -0.4 is 10.6 Å². The second kappa shape index (κ2) is 11.2. The van der Waals surface area contributed by atoms with Crippen molar-refractivity contribution in [2.75, 3.05) is 10.6 Å². The minimum absolute atomic E-state index is 0.164. The number of aromatic nitrogens is 4. The molecule has 2 aromatic heterocycles. The van der Waals surface area contributed by atoms with E-state index in [1.165, 1.54) is 18.3 Å². The van der Waals surface area contributed by atoms with Gasteiger partial charge in [-0.15, -0.1) is 5.10 Å². The number of halogens is 2. The lowest BCUT2D eigenvalue weighted by atomic mass is 9.69. The first-order valence-electron chi connectivity index (χ1n) is 13.4. The Morgan fingerprint density at radius 1 is 1.12 bits per heavy atom. The first-order chi connectivity index (χ1) is 20.4. The maximum Gasteiger partial charge on any atom is 0.123 e. The topological polar surface area (TPSA) is 115 Å². The molecule has 3 aromatic carbocycles. The van der Waals surface area contributed by atoms with E-state index in [0.717, 1.165) is 18.4 Å². The maximum atomic E-state index is 13.9. The Morgan fingerprint density at radius 3 is 2.57 bits per heavy atom. The molecule has 0 saturated heterocycles. The van der Waals surface area contributed by atoms with Crippen molar-refractivity contribution in [3.63, 3.8) is 0 Å². The van der Waals surface area contributed by atoms with E-state index in [0.29, 0.717) is 44.1 Å². The zero-order valence-electron chi connectivity index (χ0n) is 22.3. The molecule has 2 radical (unpaired) electrons. The van der Waals surface area contributed by atoms with E-state index in [9.17, 15) is 14.9 Å². The summed E-state index contributed by atoms with van der Waals surface area (Å²) in [7, 11) is 7.03. The Balaban J connectivity index is 1.46. The summed E-state index contributed by atoms with van der Waals surface area (Å²) < 4.78 is 15.7. The average Bonchev–Trinajstić information content (AvgIpc) is 3.73. The Hall–Kier alpha value is -4.93. The highest BCUT2D eigenvalue weighted by atomic mass is 35.5. The maximum absolute atomic E-state index is 13.9. The van der Waals surface area contributed by atoms with Gasteiger partial charge in [0.25, 0.3) is 0 Å². The van der Waals surface area contributed by atoms with Crippen molar-refractivity contribution in [2.45, 2.75) is 36.8 Å². The van der Waals surface area contributed by atoms with Crippen molar-refractivity contribution in [3.05, 3.63) is 112 Å². The van der Waals surface area contributed by atoms with E-state index in [1.807, 2.05) is 30.3 Å². The molecule has 1 unspecified atom stereocenters. The van der Waals surface area contributed by atoms with Gasteiger partial charge < -0.3 is 10.6 Å². The quantitative estimate of drug-likeness (QED) is 0.197. The van der Waals surface area contributed by atoms with Crippen molar-refractivity contribution in [2.24, 2.45) is 0 Å². The van der Waals surface area contributed by atoms with Gasteiger partial charge in [-0.2, -0.15) is 10.5 Å². The van der Waals surface area contributed by atoms with Gasteiger partial charge in [0.2, 0.25) is 0 Å². The second-order valence-corrected chi connectivity index (χ2v) is 10.6.